The Morgan fingerprint density at radius 2 is 1.71 bits per heavy atom. The molecule has 0 N–H and O–H groups in total. The molecule has 0 unspecified atom stereocenters. The van der Waals surface area contributed by atoms with Crippen LogP contribution < -0.4 is 0 Å². The van der Waals surface area contributed by atoms with Gasteiger partial charge in [-0.3, -0.25) is 9.36 Å². The molecule has 2 aromatic heterocycles. The first-order chi connectivity index (χ1) is 11.5. The Balaban J connectivity index is 2.30. The molecule has 24 heavy (non-hydrogen) atoms. The van der Waals surface area contributed by atoms with E-state index in [1.54, 1.807) is 4.68 Å². The molecule has 2 heterocycles. The number of aromatic nitrogens is 4. The molecule has 0 aliphatic rings. The quantitative estimate of drug-likeness (QED) is 0.654. The fourth-order valence-electron chi connectivity index (χ4n) is 2.73. The van der Waals surface area contributed by atoms with E-state index in [-0.39, 0.29) is 0 Å². The highest BCUT2D eigenvalue weighted by atomic mass is 15.3. The maximum atomic E-state index is 4.77. The van der Waals surface area contributed by atoms with E-state index in [1.165, 1.54) is 0 Å². The normalized spacial score (nSPS) is 10.8. The van der Waals surface area contributed by atoms with E-state index < -0.39 is 0 Å². The summed E-state index contributed by atoms with van der Waals surface area (Å²) in [6, 6.07) is 2.12. The number of allylic oxidation sites excluding steroid dienone is 3. The lowest BCUT2D eigenvalue weighted by molar-refractivity contribution is 0.695. The van der Waals surface area contributed by atoms with Crippen LogP contribution in [0, 0.1) is 0 Å². The summed E-state index contributed by atoms with van der Waals surface area (Å²) in [6.07, 6.45) is 7.87. The van der Waals surface area contributed by atoms with Gasteiger partial charge >= 0.3 is 0 Å². The molecule has 0 spiro atoms. The number of nitrogens with zero attached hydrogens (tertiary/aromatic N) is 4. The Labute approximate surface area is 145 Å². The van der Waals surface area contributed by atoms with Crippen LogP contribution in [-0.4, -0.2) is 19.6 Å². The van der Waals surface area contributed by atoms with E-state index in [0.29, 0.717) is 6.54 Å². The molecule has 4 nitrogen and oxygen atoms in total. The van der Waals surface area contributed by atoms with Crippen LogP contribution in [0.2, 0.25) is 0 Å². The van der Waals surface area contributed by atoms with Gasteiger partial charge < -0.3 is 0 Å². The van der Waals surface area contributed by atoms with Crippen molar-refractivity contribution in [2.24, 2.45) is 7.05 Å². The summed E-state index contributed by atoms with van der Waals surface area (Å²) in [7, 11) is 1.91. The largest absolute Gasteiger partial charge is 0.275 e. The van der Waals surface area contributed by atoms with E-state index in [4.69, 9.17) is 5.10 Å². The zero-order chi connectivity index (χ0) is 17.7. The maximum absolute atomic E-state index is 4.77. The van der Waals surface area contributed by atoms with Crippen molar-refractivity contribution in [3.05, 3.63) is 55.1 Å². The highest BCUT2D eigenvalue weighted by molar-refractivity contribution is 5.68. The molecule has 0 aromatic carbocycles. The summed E-state index contributed by atoms with van der Waals surface area (Å²) in [4.78, 5) is 0. The average Bonchev–Trinajstić information content (AvgIpc) is 3.14. The summed E-state index contributed by atoms with van der Waals surface area (Å²) in [5.74, 6) is 0. The number of aryl methyl sites for hydroxylation is 1. The van der Waals surface area contributed by atoms with Crippen molar-refractivity contribution in [1.29, 1.82) is 0 Å². The monoisotopic (exact) mass is 324 g/mol. The molecule has 0 atom stereocenters. The van der Waals surface area contributed by atoms with Gasteiger partial charge in [0.05, 0.1) is 24.1 Å². The molecule has 0 amide bonds. The van der Waals surface area contributed by atoms with Crippen molar-refractivity contribution in [2.75, 3.05) is 0 Å². The molecular weight excluding hydrogens is 296 g/mol. The molecule has 0 radical (unpaired) electrons. The zero-order valence-electron chi connectivity index (χ0n) is 15.2. The summed E-state index contributed by atoms with van der Waals surface area (Å²) in [5, 5.41) is 8.99. The van der Waals surface area contributed by atoms with Gasteiger partial charge in [-0.05, 0) is 35.6 Å². The van der Waals surface area contributed by atoms with Gasteiger partial charge in [0.2, 0.25) is 0 Å². The molecule has 0 fully saturated rings. The van der Waals surface area contributed by atoms with Crippen LogP contribution in [0.4, 0.5) is 0 Å². The number of rotatable bonds is 9. The van der Waals surface area contributed by atoms with Gasteiger partial charge in [-0.15, -0.1) is 0 Å². The van der Waals surface area contributed by atoms with Gasteiger partial charge in [-0.25, -0.2) is 0 Å². The predicted molar refractivity (Wildman–Crippen MR) is 102 cm³/mol. The molecule has 0 aliphatic heterocycles. The van der Waals surface area contributed by atoms with Crippen molar-refractivity contribution in [2.45, 2.75) is 46.1 Å². The SMILES string of the molecule is C=C(Cn1nc(C(=C)CCC)cc1C(=C)CCC)c1cnn(C)c1. The Morgan fingerprint density at radius 3 is 2.29 bits per heavy atom. The van der Waals surface area contributed by atoms with Crippen LogP contribution in [0.1, 0.15) is 56.5 Å². The third-order valence-electron chi connectivity index (χ3n) is 4.06. The van der Waals surface area contributed by atoms with Gasteiger partial charge in [0.25, 0.3) is 0 Å². The predicted octanol–water partition coefficient (Wildman–Crippen LogP) is 4.96. The van der Waals surface area contributed by atoms with E-state index >= 15 is 0 Å². The van der Waals surface area contributed by atoms with Crippen molar-refractivity contribution in [3.8, 4) is 0 Å². The average molecular weight is 324 g/mol. The van der Waals surface area contributed by atoms with Gasteiger partial charge in [-0.1, -0.05) is 46.4 Å². The topological polar surface area (TPSA) is 35.6 Å². The molecular formula is C20H28N4. The highest BCUT2D eigenvalue weighted by Crippen LogP contribution is 2.25. The first kappa shape index (κ1) is 18.0. The van der Waals surface area contributed by atoms with Crippen molar-refractivity contribution < 1.29 is 0 Å². The molecule has 0 bridgehead atoms. The van der Waals surface area contributed by atoms with Gasteiger partial charge in [0.15, 0.2) is 0 Å². The van der Waals surface area contributed by atoms with Crippen LogP contribution in [-0.2, 0) is 13.6 Å². The van der Waals surface area contributed by atoms with Crippen molar-refractivity contribution in [3.63, 3.8) is 0 Å². The van der Waals surface area contributed by atoms with E-state index in [2.05, 4.69) is 44.7 Å². The first-order valence-electron chi connectivity index (χ1n) is 8.57. The van der Waals surface area contributed by atoms with Crippen LogP contribution >= 0.6 is 0 Å². The molecule has 0 aliphatic carbocycles. The van der Waals surface area contributed by atoms with Crippen LogP contribution in [0.5, 0.6) is 0 Å². The van der Waals surface area contributed by atoms with Gasteiger partial charge in [0.1, 0.15) is 0 Å². The minimum Gasteiger partial charge on any atom is -0.275 e. The Morgan fingerprint density at radius 1 is 1.04 bits per heavy atom. The second-order valence-electron chi connectivity index (χ2n) is 6.29. The second-order valence-corrected chi connectivity index (χ2v) is 6.29. The minimum atomic E-state index is 0.628. The van der Waals surface area contributed by atoms with Crippen molar-refractivity contribution in [1.82, 2.24) is 19.6 Å². The Kier molecular flexibility index (Phi) is 5.96. The van der Waals surface area contributed by atoms with Crippen molar-refractivity contribution >= 4 is 16.7 Å². The van der Waals surface area contributed by atoms with Crippen LogP contribution in [0.15, 0.2) is 38.2 Å². The summed E-state index contributed by atoms with van der Waals surface area (Å²) >= 11 is 0. The molecule has 128 valence electrons. The lowest BCUT2D eigenvalue weighted by Gasteiger charge is -2.10. The molecule has 0 saturated heterocycles. The minimum absolute atomic E-state index is 0.628. The number of hydrogen-bond donors (Lipinski definition) is 0. The van der Waals surface area contributed by atoms with E-state index in [9.17, 15) is 0 Å². The molecule has 2 aromatic rings. The third kappa shape index (κ3) is 4.13. The van der Waals surface area contributed by atoms with Gasteiger partial charge in [-0.2, -0.15) is 10.2 Å². The van der Waals surface area contributed by atoms with Gasteiger partial charge in [0, 0.05) is 18.8 Å². The Bertz CT molecular complexity index is 746. The third-order valence-corrected chi connectivity index (χ3v) is 4.06. The first-order valence-corrected chi connectivity index (χ1v) is 8.57. The van der Waals surface area contributed by atoms with E-state index in [0.717, 1.165) is 59.4 Å². The smallest absolute Gasteiger partial charge is 0.0883 e. The zero-order valence-corrected chi connectivity index (χ0v) is 15.2. The lowest BCUT2D eigenvalue weighted by Crippen LogP contribution is -2.06. The molecule has 2 rings (SSSR count). The van der Waals surface area contributed by atoms with Crippen LogP contribution in [0.3, 0.4) is 0 Å². The van der Waals surface area contributed by atoms with E-state index in [1.807, 2.05) is 24.1 Å². The molecule has 0 saturated carbocycles. The Hall–Kier alpha value is -2.36. The molecule has 4 heteroatoms. The maximum Gasteiger partial charge on any atom is 0.0883 e. The summed E-state index contributed by atoms with van der Waals surface area (Å²) < 4.78 is 3.79. The second kappa shape index (κ2) is 7.95. The fourth-order valence-corrected chi connectivity index (χ4v) is 2.73. The lowest BCUT2D eigenvalue weighted by atomic mass is 10.1. The number of hydrogen-bond acceptors (Lipinski definition) is 2. The van der Waals surface area contributed by atoms with Crippen LogP contribution in [0.25, 0.3) is 16.7 Å². The summed E-state index contributed by atoms with van der Waals surface area (Å²) in [6.45, 7) is 17.6. The summed E-state index contributed by atoms with van der Waals surface area (Å²) in [5.41, 5.74) is 6.25. The standard InChI is InChI=1S/C20H28N4/c1-7-9-15(3)19-11-20(16(4)10-8-2)24(22-19)13-17(5)18-12-21-23(6)14-18/h11-12,14H,3-5,7-10,13H2,1-2,6H3. The fraction of sp³-hybridized carbons (Fsp3) is 0.400. The highest BCUT2D eigenvalue weighted by Gasteiger charge is 2.14.